The Morgan fingerprint density at radius 3 is 2.41 bits per heavy atom. The molecular formula is C29H31Cl2N7O. The Kier molecular flexibility index (Phi) is 7.57. The van der Waals surface area contributed by atoms with E-state index in [4.69, 9.17) is 28.2 Å². The largest absolute Gasteiger partial charge is 0.351 e. The molecule has 2 aromatic carbocycles. The van der Waals surface area contributed by atoms with Gasteiger partial charge in [-0.05, 0) is 55.2 Å². The average molecular weight is 565 g/mol. The van der Waals surface area contributed by atoms with Gasteiger partial charge in [0.15, 0.2) is 17.0 Å². The van der Waals surface area contributed by atoms with Gasteiger partial charge in [0.05, 0.1) is 5.02 Å². The second-order valence-electron chi connectivity index (χ2n) is 10.3. The fourth-order valence-corrected chi connectivity index (χ4v) is 5.97. The number of nitrogens with one attached hydrogen (secondary N) is 1. The summed E-state index contributed by atoms with van der Waals surface area (Å²) in [4.78, 5) is 31.3. The van der Waals surface area contributed by atoms with Crippen molar-refractivity contribution < 1.29 is 4.79 Å². The summed E-state index contributed by atoms with van der Waals surface area (Å²) < 4.78 is 1.99. The maximum absolute atomic E-state index is 12.8. The van der Waals surface area contributed by atoms with Crippen LogP contribution in [0.5, 0.6) is 0 Å². The summed E-state index contributed by atoms with van der Waals surface area (Å²) in [5, 5.41) is 4.42. The van der Waals surface area contributed by atoms with Gasteiger partial charge in [-0.2, -0.15) is 0 Å². The van der Waals surface area contributed by atoms with Gasteiger partial charge in [-0.25, -0.2) is 19.7 Å². The molecule has 0 radical (unpaired) electrons. The van der Waals surface area contributed by atoms with E-state index in [1.807, 2.05) is 58.0 Å². The number of carbonyl (C=O) groups is 1. The van der Waals surface area contributed by atoms with E-state index in [9.17, 15) is 4.79 Å². The number of halogens is 2. The predicted octanol–water partition coefficient (Wildman–Crippen LogP) is 6.20. The van der Waals surface area contributed by atoms with Crippen LogP contribution in [0.1, 0.15) is 32.1 Å². The first kappa shape index (κ1) is 25.9. The highest BCUT2D eigenvalue weighted by Gasteiger charge is 2.27. The Morgan fingerprint density at radius 1 is 0.923 bits per heavy atom. The number of piperazine rings is 1. The molecule has 2 aliphatic rings. The van der Waals surface area contributed by atoms with Crippen molar-refractivity contribution in [2.24, 2.45) is 5.92 Å². The zero-order valence-corrected chi connectivity index (χ0v) is 23.2. The molecule has 6 rings (SSSR count). The van der Waals surface area contributed by atoms with Crippen LogP contribution in [0.4, 0.5) is 10.6 Å². The summed E-state index contributed by atoms with van der Waals surface area (Å²) in [5.74, 6) is 2.05. The van der Waals surface area contributed by atoms with Gasteiger partial charge >= 0.3 is 6.03 Å². The number of benzene rings is 2. The lowest BCUT2D eigenvalue weighted by molar-refractivity contribution is 0.190. The molecule has 1 aliphatic heterocycles. The minimum absolute atomic E-state index is 0.0288. The van der Waals surface area contributed by atoms with Crippen LogP contribution in [0, 0.1) is 5.92 Å². The van der Waals surface area contributed by atoms with Crippen LogP contribution in [0.25, 0.3) is 28.2 Å². The lowest BCUT2D eigenvalue weighted by Crippen LogP contribution is -2.52. The number of imidazole rings is 1. The van der Waals surface area contributed by atoms with Crippen LogP contribution in [-0.2, 0) is 0 Å². The lowest BCUT2D eigenvalue weighted by Gasteiger charge is -2.35. The van der Waals surface area contributed by atoms with E-state index < -0.39 is 0 Å². The molecular weight excluding hydrogens is 533 g/mol. The zero-order chi connectivity index (χ0) is 26.8. The molecule has 4 aromatic rings. The fourth-order valence-electron chi connectivity index (χ4n) is 5.63. The molecule has 10 heteroatoms. The van der Waals surface area contributed by atoms with Crippen molar-refractivity contribution in [1.82, 2.24) is 29.7 Å². The van der Waals surface area contributed by atoms with Gasteiger partial charge in [0.25, 0.3) is 0 Å². The Labute approximate surface area is 238 Å². The summed E-state index contributed by atoms with van der Waals surface area (Å²) >= 11 is 12.8. The number of nitrogens with zero attached hydrogens (tertiary/aromatic N) is 6. The first-order valence-electron chi connectivity index (χ1n) is 13.6. The Bertz CT molecular complexity index is 1460. The van der Waals surface area contributed by atoms with Crippen molar-refractivity contribution in [2.75, 3.05) is 37.6 Å². The monoisotopic (exact) mass is 563 g/mol. The highest BCUT2D eigenvalue weighted by Crippen LogP contribution is 2.35. The second kappa shape index (κ2) is 11.4. The maximum atomic E-state index is 12.8. The zero-order valence-electron chi connectivity index (χ0n) is 21.7. The molecule has 2 aromatic heterocycles. The molecule has 202 valence electrons. The molecule has 3 heterocycles. The van der Waals surface area contributed by atoms with Gasteiger partial charge in [-0.1, -0.05) is 54.6 Å². The fraction of sp³-hybridized carbons (Fsp3) is 0.379. The molecule has 8 nitrogen and oxygen atoms in total. The summed E-state index contributed by atoms with van der Waals surface area (Å²) in [6.07, 6.45) is 7.89. The van der Waals surface area contributed by atoms with Gasteiger partial charge in [-0.15, -0.1) is 0 Å². The molecule has 0 bridgehead atoms. The van der Waals surface area contributed by atoms with Crippen molar-refractivity contribution >= 4 is 46.2 Å². The smallest absolute Gasteiger partial charge is 0.317 e. The van der Waals surface area contributed by atoms with Crippen molar-refractivity contribution in [1.29, 1.82) is 0 Å². The van der Waals surface area contributed by atoms with Gasteiger partial charge in [0.2, 0.25) is 0 Å². The number of aromatic nitrogens is 4. The van der Waals surface area contributed by atoms with E-state index in [1.165, 1.54) is 32.1 Å². The Morgan fingerprint density at radius 2 is 1.67 bits per heavy atom. The number of hydrogen-bond donors (Lipinski definition) is 1. The summed E-state index contributed by atoms with van der Waals surface area (Å²) in [6, 6.07) is 15.3. The Hall–Kier alpha value is -3.36. The van der Waals surface area contributed by atoms with Crippen LogP contribution in [0.15, 0.2) is 54.9 Å². The summed E-state index contributed by atoms with van der Waals surface area (Å²) in [7, 11) is 0. The maximum Gasteiger partial charge on any atom is 0.317 e. The number of fused-ring (bicyclic) bond motifs is 1. The number of hydrogen-bond acceptors (Lipinski definition) is 5. The summed E-state index contributed by atoms with van der Waals surface area (Å²) in [6.45, 7) is 3.35. The number of amides is 2. The molecule has 39 heavy (non-hydrogen) atoms. The van der Waals surface area contributed by atoms with Gasteiger partial charge in [0, 0.05) is 49.0 Å². The molecule has 0 atom stereocenters. The van der Waals surface area contributed by atoms with Crippen LogP contribution in [0.2, 0.25) is 10.0 Å². The van der Waals surface area contributed by atoms with E-state index >= 15 is 0 Å². The molecule has 2 amide bonds. The molecule has 1 saturated heterocycles. The predicted molar refractivity (Wildman–Crippen MR) is 156 cm³/mol. The molecule has 1 aliphatic carbocycles. The van der Waals surface area contributed by atoms with E-state index in [0.29, 0.717) is 59.1 Å². The molecule has 0 spiro atoms. The second-order valence-corrected chi connectivity index (χ2v) is 11.1. The average Bonchev–Trinajstić information content (AvgIpc) is 3.37. The number of urea groups is 1. The molecule has 1 N–H and O–H groups in total. The lowest BCUT2D eigenvalue weighted by atomic mass is 9.89. The van der Waals surface area contributed by atoms with E-state index in [2.05, 4.69) is 20.2 Å². The van der Waals surface area contributed by atoms with Gasteiger partial charge in [-0.3, -0.25) is 4.57 Å². The number of rotatable bonds is 5. The molecule has 0 unspecified atom stereocenters. The van der Waals surface area contributed by atoms with Crippen molar-refractivity contribution in [2.45, 2.75) is 32.1 Å². The van der Waals surface area contributed by atoms with Gasteiger partial charge < -0.3 is 15.1 Å². The minimum atomic E-state index is 0.0288. The molecule has 1 saturated carbocycles. The van der Waals surface area contributed by atoms with Crippen LogP contribution < -0.4 is 10.2 Å². The highest BCUT2D eigenvalue weighted by atomic mass is 35.5. The van der Waals surface area contributed by atoms with Crippen molar-refractivity contribution in [3.8, 4) is 17.1 Å². The third-order valence-corrected chi connectivity index (χ3v) is 8.34. The SMILES string of the molecule is O=C(NCC1CCCCC1)N1CCN(c2ncnc3c2nc(-c2ccccc2Cl)n3-c2ccc(Cl)cc2)CC1. The van der Waals surface area contributed by atoms with Gasteiger partial charge in [0.1, 0.15) is 12.2 Å². The first-order valence-corrected chi connectivity index (χ1v) is 14.4. The quantitative estimate of drug-likeness (QED) is 0.312. The van der Waals surface area contributed by atoms with Crippen molar-refractivity contribution in [3.63, 3.8) is 0 Å². The first-order chi connectivity index (χ1) is 19.1. The van der Waals surface area contributed by atoms with E-state index in [0.717, 1.165) is 23.6 Å². The number of carbonyl (C=O) groups excluding carboxylic acids is 1. The van der Waals surface area contributed by atoms with E-state index in [1.54, 1.807) is 6.33 Å². The van der Waals surface area contributed by atoms with Crippen molar-refractivity contribution in [3.05, 3.63) is 64.9 Å². The van der Waals surface area contributed by atoms with Crippen LogP contribution >= 0.6 is 23.2 Å². The van der Waals surface area contributed by atoms with E-state index in [-0.39, 0.29) is 6.03 Å². The highest BCUT2D eigenvalue weighted by molar-refractivity contribution is 6.33. The minimum Gasteiger partial charge on any atom is -0.351 e. The topological polar surface area (TPSA) is 79.2 Å². The molecule has 2 fully saturated rings. The Balaban J connectivity index is 1.27. The van der Waals surface area contributed by atoms with Crippen LogP contribution in [0.3, 0.4) is 0 Å². The third kappa shape index (κ3) is 5.40. The standard InChI is InChI=1S/C29H31Cl2N7O/c30-21-10-12-22(13-11-21)38-26(23-8-4-5-9-24(23)31)35-25-27(33-19-34-28(25)38)36-14-16-37(17-15-36)29(39)32-18-20-6-2-1-3-7-20/h4-5,8-13,19-20H,1-3,6-7,14-18H2,(H,32,39). The third-order valence-electron chi connectivity index (χ3n) is 7.76. The number of anilines is 1. The van der Waals surface area contributed by atoms with Crippen LogP contribution in [-0.4, -0.2) is 63.2 Å². The normalized spacial score (nSPS) is 16.6. The summed E-state index contributed by atoms with van der Waals surface area (Å²) in [5.41, 5.74) is 3.06.